The minimum Gasteiger partial charge on any atom is -0.441 e. The Morgan fingerprint density at radius 2 is 1.20 bits per heavy atom. The summed E-state index contributed by atoms with van der Waals surface area (Å²) in [6.07, 6.45) is 3.57. The Bertz CT molecular complexity index is 693. The van der Waals surface area contributed by atoms with Gasteiger partial charge >= 0.3 is 0 Å². The minimum atomic E-state index is -0.0529. The summed E-state index contributed by atoms with van der Waals surface area (Å²) in [5.41, 5.74) is 1.64. The third-order valence-electron chi connectivity index (χ3n) is 3.65. The topological polar surface area (TPSA) is 52.1 Å². The lowest BCUT2D eigenvalue weighted by Crippen LogP contribution is -2.09. The molecule has 0 bridgehead atoms. The van der Waals surface area contributed by atoms with E-state index in [4.69, 9.17) is 8.83 Å². The summed E-state index contributed by atoms with van der Waals surface area (Å²) < 4.78 is 11.6. The molecule has 0 aliphatic heterocycles. The van der Waals surface area contributed by atoms with Crippen molar-refractivity contribution in [1.82, 2.24) is 9.97 Å². The smallest absolute Gasteiger partial charge is 0.222 e. The van der Waals surface area contributed by atoms with Crippen molar-refractivity contribution in [3.8, 4) is 0 Å². The van der Waals surface area contributed by atoms with Crippen LogP contribution in [0.4, 0.5) is 0 Å². The van der Waals surface area contributed by atoms with E-state index in [2.05, 4.69) is 64.7 Å². The van der Waals surface area contributed by atoms with E-state index >= 15 is 0 Å². The van der Waals surface area contributed by atoms with Crippen LogP contribution < -0.4 is 0 Å². The molecule has 5 heteroatoms. The standard InChI is InChI=1S/C20H28N2O2S/c1-13(17-21-9-15(23-17)19(3,4)5)11-25-12-14(2)18-22-10-16(24-18)20(6,7)8/h9-10H,1-2,11-12H2,3-8H3. The van der Waals surface area contributed by atoms with Crippen molar-refractivity contribution in [1.29, 1.82) is 0 Å². The number of rotatable bonds is 6. The second kappa shape index (κ2) is 7.24. The van der Waals surface area contributed by atoms with E-state index in [1.807, 2.05) is 0 Å². The van der Waals surface area contributed by atoms with Crippen LogP contribution in [0, 0.1) is 0 Å². The highest BCUT2D eigenvalue weighted by Crippen LogP contribution is 2.28. The summed E-state index contributed by atoms with van der Waals surface area (Å²) in [7, 11) is 0. The predicted molar refractivity (Wildman–Crippen MR) is 106 cm³/mol. The van der Waals surface area contributed by atoms with Crippen LogP contribution >= 0.6 is 11.8 Å². The predicted octanol–water partition coefficient (Wildman–Crippen LogP) is 5.72. The lowest BCUT2D eigenvalue weighted by Gasteiger charge is -2.13. The van der Waals surface area contributed by atoms with Gasteiger partial charge in [0, 0.05) is 33.5 Å². The number of hydrogen-bond acceptors (Lipinski definition) is 5. The van der Waals surface area contributed by atoms with E-state index in [0.29, 0.717) is 11.8 Å². The molecule has 0 aliphatic rings. The van der Waals surface area contributed by atoms with Gasteiger partial charge in [0.1, 0.15) is 11.5 Å². The van der Waals surface area contributed by atoms with Crippen molar-refractivity contribution in [3.05, 3.63) is 48.9 Å². The van der Waals surface area contributed by atoms with Gasteiger partial charge in [0.25, 0.3) is 0 Å². The number of aromatic nitrogens is 2. The van der Waals surface area contributed by atoms with Gasteiger partial charge in [-0.3, -0.25) is 0 Å². The monoisotopic (exact) mass is 360 g/mol. The number of nitrogens with zero attached hydrogens (tertiary/aromatic N) is 2. The van der Waals surface area contributed by atoms with E-state index in [9.17, 15) is 0 Å². The summed E-state index contributed by atoms with van der Waals surface area (Å²) in [6, 6.07) is 0. The molecule has 25 heavy (non-hydrogen) atoms. The second-order valence-electron chi connectivity index (χ2n) is 8.26. The lowest BCUT2D eigenvalue weighted by molar-refractivity contribution is 0.401. The van der Waals surface area contributed by atoms with Gasteiger partial charge in [0.05, 0.1) is 12.4 Å². The van der Waals surface area contributed by atoms with E-state index in [-0.39, 0.29) is 10.8 Å². The Kier molecular flexibility index (Phi) is 5.67. The molecular formula is C20H28N2O2S. The molecule has 2 aromatic heterocycles. The molecule has 136 valence electrons. The Morgan fingerprint density at radius 1 is 0.840 bits per heavy atom. The van der Waals surface area contributed by atoms with Crippen LogP contribution in [0.5, 0.6) is 0 Å². The third-order valence-corrected chi connectivity index (χ3v) is 4.75. The molecule has 0 atom stereocenters. The van der Waals surface area contributed by atoms with Crippen LogP contribution in [0.2, 0.25) is 0 Å². The SMILES string of the molecule is C=C(CSCC(=C)c1ncc(C(C)(C)C)o1)c1ncc(C(C)(C)C)o1. The molecule has 0 radical (unpaired) electrons. The molecular weight excluding hydrogens is 332 g/mol. The van der Waals surface area contributed by atoms with E-state index < -0.39 is 0 Å². The van der Waals surface area contributed by atoms with Crippen molar-refractivity contribution < 1.29 is 8.83 Å². The first-order valence-corrected chi connectivity index (χ1v) is 9.50. The van der Waals surface area contributed by atoms with Crippen molar-refractivity contribution >= 4 is 22.9 Å². The van der Waals surface area contributed by atoms with Crippen LogP contribution in [0.1, 0.15) is 64.8 Å². The summed E-state index contributed by atoms with van der Waals surface area (Å²) in [5.74, 6) is 4.38. The summed E-state index contributed by atoms with van der Waals surface area (Å²) in [5, 5.41) is 0. The van der Waals surface area contributed by atoms with Crippen molar-refractivity contribution in [2.24, 2.45) is 0 Å². The van der Waals surface area contributed by atoms with Gasteiger partial charge in [-0.1, -0.05) is 54.7 Å². The van der Waals surface area contributed by atoms with Gasteiger partial charge in [-0.15, -0.1) is 0 Å². The Labute approximate surface area is 154 Å². The summed E-state index contributed by atoms with van der Waals surface area (Å²) >= 11 is 1.69. The Morgan fingerprint density at radius 3 is 1.48 bits per heavy atom. The summed E-state index contributed by atoms with van der Waals surface area (Å²) in [4.78, 5) is 8.67. The molecule has 4 nitrogen and oxygen atoms in total. The molecule has 0 aliphatic carbocycles. The Hall–Kier alpha value is -1.75. The van der Waals surface area contributed by atoms with Gasteiger partial charge < -0.3 is 8.83 Å². The fraction of sp³-hybridized carbons (Fsp3) is 0.500. The van der Waals surface area contributed by atoms with Crippen LogP contribution in [0.3, 0.4) is 0 Å². The maximum atomic E-state index is 5.82. The van der Waals surface area contributed by atoms with E-state index in [1.165, 1.54) is 0 Å². The molecule has 0 unspecified atom stereocenters. The zero-order chi connectivity index (χ0) is 18.8. The van der Waals surface area contributed by atoms with Crippen molar-refractivity contribution in [2.75, 3.05) is 11.5 Å². The summed E-state index contributed by atoms with van der Waals surface area (Å²) in [6.45, 7) is 20.8. The highest BCUT2D eigenvalue weighted by Gasteiger charge is 2.21. The van der Waals surface area contributed by atoms with Crippen LogP contribution in [0.15, 0.2) is 34.4 Å². The van der Waals surface area contributed by atoms with Gasteiger partial charge in [0.15, 0.2) is 0 Å². The maximum absolute atomic E-state index is 5.82. The van der Waals surface area contributed by atoms with E-state index in [1.54, 1.807) is 24.2 Å². The molecule has 2 rings (SSSR count). The first-order valence-electron chi connectivity index (χ1n) is 8.35. The number of hydrogen-bond donors (Lipinski definition) is 0. The zero-order valence-electron chi connectivity index (χ0n) is 16.1. The van der Waals surface area contributed by atoms with Crippen molar-refractivity contribution in [3.63, 3.8) is 0 Å². The fourth-order valence-corrected chi connectivity index (χ4v) is 2.83. The number of thioether (sulfide) groups is 1. The molecule has 0 spiro atoms. The van der Waals surface area contributed by atoms with Gasteiger partial charge in [0.2, 0.25) is 11.8 Å². The highest BCUT2D eigenvalue weighted by molar-refractivity contribution is 8.00. The lowest BCUT2D eigenvalue weighted by atomic mass is 9.94. The second-order valence-corrected chi connectivity index (χ2v) is 9.24. The van der Waals surface area contributed by atoms with E-state index in [0.717, 1.165) is 34.2 Å². The third kappa shape index (κ3) is 5.11. The van der Waals surface area contributed by atoms with Gasteiger partial charge in [-0.05, 0) is 0 Å². The molecule has 0 saturated heterocycles. The quantitative estimate of drug-likeness (QED) is 0.659. The molecule has 0 saturated carbocycles. The van der Waals surface area contributed by atoms with Crippen molar-refractivity contribution in [2.45, 2.75) is 52.4 Å². The van der Waals surface area contributed by atoms with Crippen LogP contribution in [-0.2, 0) is 10.8 Å². The number of oxazole rings is 2. The molecule has 2 heterocycles. The highest BCUT2D eigenvalue weighted by atomic mass is 32.2. The van der Waals surface area contributed by atoms with Crippen LogP contribution in [0.25, 0.3) is 11.1 Å². The molecule has 2 aromatic rings. The molecule has 0 N–H and O–H groups in total. The Balaban J connectivity index is 1.88. The first kappa shape index (κ1) is 19.6. The maximum Gasteiger partial charge on any atom is 0.222 e. The van der Waals surface area contributed by atoms with Crippen LogP contribution in [-0.4, -0.2) is 21.5 Å². The molecule has 0 amide bonds. The zero-order valence-corrected chi connectivity index (χ0v) is 16.9. The molecule has 0 fully saturated rings. The molecule has 0 aromatic carbocycles. The first-order chi connectivity index (χ1) is 11.5. The average Bonchev–Trinajstić information content (AvgIpc) is 3.15. The largest absolute Gasteiger partial charge is 0.441 e. The minimum absolute atomic E-state index is 0.0529. The van der Waals surface area contributed by atoms with Gasteiger partial charge in [-0.2, -0.15) is 11.8 Å². The fourth-order valence-electron chi connectivity index (χ4n) is 1.99. The average molecular weight is 361 g/mol. The normalized spacial score (nSPS) is 12.4. The van der Waals surface area contributed by atoms with Gasteiger partial charge in [-0.25, -0.2) is 9.97 Å².